The molecule has 0 aromatic heterocycles. The Morgan fingerprint density at radius 2 is 1.92 bits per heavy atom. The lowest BCUT2D eigenvalue weighted by Crippen LogP contribution is -2.19. The van der Waals surface area contributed by atoms with Crippen LogP contribution in [0.1, 0.15) is 6.42 Å². The summed E-state index contributed by atoms with van der Waals surface area (Å²) in [7, 11) is 0. The Balaban J connectivity index is 2.00. The molecule has 0 aromatic rings. The molecule has 1 nitrogen and oxygen atoms in total. The minimum atomic E-state index is 0.204. The second-order valence-corrected chi connectivity index (χ2v) is 4.14. The summed E-state index contributed by atoms with van der Waals surface area (Å²) in [6.07, 6.45) is 10.4. The Bertz CT molecular complexity index is 307. The highest BCUT2D eigenvalue weighted by atomic mass is 14.5. The fourth-order valence-electron chi connectivity index (χ4n) is 3.18. The van der Waals surface area contributed by atoms with Gasteiger partial charge < -0.3 is 0 Å². The van der Waals surface area contributed by atoms with Gasteiger partial charge in [0, 0.05) is 0 Å². The summed E-state index contributed by atoms with van der Waals surface area (Å²) in [4.78, 5) is 0. The Hall–Kier alpha value is -1.03. The summed E-state index contributed by atoms with van der Waals surface area (Å²) in [5, 5.41) is 8.92. The fourth-order valence-corrected chi connectivity index (χ4v) is 3.18. The molecule has 5 atom stereocenters. The molecule has 2 bridgehead atoms. The largest absolute Gasteiger partial charge is 0.198 e. The van der Waals surface area contributed by atoms with Crippen LogP contribution in [0.2, 0.25) is 0 Å². The highest BCUT2D eigenvalue weighted by molar-refractivity contribution is 5.27. The maximum atomic E-state index is 8.92. The first-order valence-electron chi connectivity index (χ1n) is 4.66. The van der Waals surface area contributed by atoms with Crippen molar-refractivity contribution in [2.75, 3.05) is 0 Å². The number of nitrogens with zero attached hydrogens (tertiary/aromatic N) is 1. The van der Waals surface area contributed by atoms with Gasteiger partial charge in [-0.3, -0.25) is 0 Å². The SMILES string of the molecule is N#CC1C=CC2C3C=CC(C3)C12. The molecule has 0 aromatic carbocycles. The van der Waals surface area contributed by atoms with E-state index >= 15 is 0 Å². The smallest absolute Gasteiger partial charge is 0.0700 e. The Morgan fingerprint density at radius 1 is 1.08 bits per heavy atom. The van der Waals surface area contributed by atoms with Crippen molar-refractivity contribution in [2.24, 2.45) is 29.6 Å². The average Bonchev–Trinajstić information content (AvgIpc) is 2.76. The summed E-state index contributed by atoms with van der Waals surface area (Å²) < 4.78 is 0. The van der Waals surface area contributed by atoms with Gasteiger partial charge in [0.2, 0.25) is 0 Å². The molecular weight excluding hydrogens is 146 g/mol. The van der Waals surface area contributed by atoms with Crippen molar-refractivity contribution >= 4 is 0 Å². The van der Waals surface area contributed by atoms with Crippen molar-refractivity contribution in [1.82, 2.24) is 0 Å². The predicted molar refractivity (Wildman–Crippen MR) is 46.0 cm³/mol. The molecule has 0 spiro atoms. The third-order valence-electron chi connectivity index (χ3n) is 3.69. The van der Waals surface area contributed by atoms with E-state index in [1.807, 2.05) is 0 Å². The van der Waals surface area contributed by atoms with Gasteiger partial charge in [-0.1, -0.05) is 24.3 Å². The van der Waals surface area contributed by atoms with Crippen LogP contribution in [0.3, 0.4) is 0 Å². The molecule has 1 fully saturated rings. The van der Waals surface area contributed by atoms with Gasteiger partial charge in [0.05, 0.1) is 12.0 Å². The highest BCUT2D eigenvalue weighted by Crippen LogP contribution is 2.54. The van der Waals surface area contributed by atoms with Gasteiger partial charge >= 0.3 is 0 Å². The van der Waals surface area contributed by atoms with E-state index in [9.17, 15) is 0 Å². The van der Waals surface area contributed by atoms with Crippen LogP contribution in [0, 0.1) is 40.9 Å². The zero-order valence-corrected chi connectivity index (χ0v) is 6.85. The van der Waals surface area contributed by atoms with Crippen LogP contribution in [0.15, 0.2) is 24.3 Å². The molecule has 0 amide bonds. The lowest BCUT2D eigenvalue weighted by molar-refractivity contribution is 0.352. The van der Waals surface area contributed by atoms with Crippen LogP contribution in [-0.4, -0.2) is 0 Å². The van der Waals surface area contributed by atoms with E-state index in [2.05, 4.69) is 30.4 Å². The van der Waals surface area contributed by atoms with Crippen LogP contribution in [0.4, 0.5) is 0 Å². The van der Waals surface area contributed by atoms with Crippen molar-refractivity contribution in [2.45, 2.75) is 6.42 Å². The number of hydrogen-bond acceptors (Lipinski definition) is 1. The maximum Gasteiger partial charge on any atom is 0.0700 e. The molecule has 5 unspecified atom stereocenters. The molecule has 60 valence electrons. The van der Waals surface area contributed by atoms with Crippen LogP contribution >= 0.6 is 0 Å². The average molecular weight is 157 g/mol. The zero-order valence-electron chi connectivity index (χ0n) is 6.85. The van der Waals surface area contributed by atoms with E-state index in [0.29, 0.717) is 17.8 Å². The molecule has 3 aliphatic carbocycles. The second-order valence-electron chi connectivity index (χ2n) is 4.14. The Morgan fingerprint density at radius 3 is 2.75 bits per heavy atom. The van der Waals surface area contributed by atoms with E-state index in [0.717, 1.165) is 5.92 Å². The van der Waals surface area contributed by atoms with Gasteiger partial charge in [0.25, 0.3) is 0 Å². The van der Waals surface area contributed by atoms with Crippen molar-refractivity contribution in [3.05, 3.63) is 24.3 Å². The zero-order chi connectivity index (χ0) is 8.13. The van der Waals surface area contributed by atoms with E-state index in [1.165, 1.54) is 6.42 Å². The molecule has 0 heterocycles. The molecule has 12 heavy (non-hydrogen) atoms. The van der Waals surface area contributed by atoms with Crippen molar-refractivity contribution in [1.29, 1.82) is 5.26 Å². The first-order chi connectivity index (χ1) is 5.90. The van der Waals surface area contributed by atoms with Crippen LogP contribution in [0.5, 0.6) is 0 Å². The summed E-state index contributed by atoms with van der Waals surface area (Å²) in [6.45, 7) is 0. The second kappa shape index (κ2) is 2.01. The third-order valence-corrected chi connectivity index (χ3v) is 3.69. The number of allylic oxidation sites excluding steroid dienone is 4. The molecule has 3 rings (SSSR count). The van der Waals surface area contributed by atoms with Crippen molar-refractivity contribution in [3.63, 3.8) is 0 Å². The number of nitriles is 1. The molecule has 0 aliphatic heterocycles. The van der Waals surface area contributed by atoms with Gasteiger partial charge in [-0.25, -0.2) is 0 Å². The van der Waals surface area contributed by atoms with Gasteiger partial charge in [0.15, 0.2) is 0 Å². The molecule has 3 aliphatic rings. The van der Waals surface area contributed by atoms with E-state index in [4.69, 9.17) is 5.26 Å². The molecule has 0 N–H and O–H groups in total. The van der Waals surface area contributed by atoms with Gasteiger partial charge in [-0.05, 0) is 30.1 Å². The van der Waals surface area contributed by atoms with E-state index < -0.39 is 0 Å². The first kappa shape index (κ1) is 6.48. The highest BCUT2D eigenvalue weighted by Gasteiger charge is 2.48. The normalized spacial score (nSPS) is 52.8. The molecule has 0 radical (unpaired) electrons. The summed E-state index contributed by atoms with van der Waals surface area (Å²) in [5.74, 6) is 3.00. The van der Waals surface area contributed by atoms with Crippen LogP contribution < -0.4 is 0 Å². The van der Waals surface area contributed by atoms with E-state index in [-0.39, 0.29) is 5.92 Å². The van der Waals surface area contributed by atoms with E-state index in [1.54, 1.807) is 0 Å². The standard InChI is InChI=1S/C11H11N/c12-6-9-3-4-10-7-1-2-8(5-7)11(9)10/h1-4,7-11H,5H2. The minimum absolute atomic E-state index is 0.204. The lowest BCUT2D eigenvalue weighted by Gasteiger charge is -2.21. The number of fused-ring (bicyclic) bond motifs is 5. The van der Waals surface area contributed by atoms with Crippen LogP contribution in [-0.2, 0) is 0 Å². The quantitative estimate of drug-likeness (QED) is 0.494. The Labute approximate surface area is 72.4 Å². The van der Waals surface area contributed by atoms with Crippen LogP contribution in [0.25, 0.3) is 0 Å². The predicted octanol–water partition coefficient (Wildman–Crippen LogP) is 2.13. The minimum Gasteiger partial charge on any atom is -0.198 e. The summed E-state index contributed by atoms with van der Waals surface area (Å²) in [5.41, 5.74) is 0. The number of rotatable bonds is 0. The molecular formula is C11H11N. The number of hydrogen-bond donors (Lipinski definition) is 0. The van der Waals surface area contributed by atoms with Gasteiger partial charge in [0.1, 0.15) is 0 Å². The monoisotopic (exact) mass is 157 g/mol. The topological polar surface area (TPSA) is 23.8 Å². The lowest BCUT2D eigenvalue weighted by atomic mass is 9.81. The van der Waals surface area contributed by atoms with Crippen molar-refractivity contribution < 1.29 is 0 Å². The molecule has 0 saturated heterocycles. The fraction of sp³-hybridized carbons (Fsp3) is 0.545. The first-order valence-corrected chi connectivity index (χ1v) is 4.66. The summed E-state index contributed by atoms with van der Waals surface area (Å²) >= 11 is 0. The summed E-state index contributed by atoms with van der Waals surface area (Å²) in [6, 6.07) is 2.40. The third kappa shape index (κ3) is 0.594. The van der Waals surface area contributed by atoms with Gasteiger partial charge in [-0.2, -0.15) is 5.26 Å². The molecule has 1 heteroatoms. The Kier molecular flexibility index (Phi) is 1.09. The molecule has 1 saturated carbocycles. The maximum absolute atomic E-state index is 8.92. The van der Waals surface area contributed by atoms with Crippen molar-refractivity contribution in [3.8, 4) is 6.07 Å². The van der Waals surface area contributed by atoms with Gasteiger partial charge in [-0.15, -0.1) is 0 Å².